The number of thiophene rings is 1. The Kier molecular flexibility index (Phi) is 4.17. The van der Waals surface area contributed by atoms with Crippen molar-refractivity contribution in [1.82, 2.24) is 5.32 Å². The predicted octanol–water partition coefficient (Wildman–Crippen LogP) is 4.88. The molecule has 17 heavy (non-hydrogen) atoms. The highest BCUT2D eigenvalue weighted by Gasteiger charge is 2.40. The molecule has 0 bridgehead atoms. The third kappa shape index (κ3) is 2.69. The molecule has 1 aliphatic rings. The molecule has 0 aliphatic heterocycles. The Morgan fingerprint density at radius 3 is 2.82 bits per heavy atom. The predicted molar refractivity (Wildman–Crippen MR) is 76.9 cm³/mol. The van der Waals surface area contributed by atoms with Crippen molar-refractivity contribution in [2.24, 2.45) is 11.3 Å². The molecule has 1 nitrogen and oxygen atoms in total. The minimum absolute atomic E-state index is 0.431. The normalized spacial score (nSPS) is 25.1. The lowest BCUT2D eigenvalue weighted by Crippen LogP contribution is -2.33. The van der Waals surface area contributed by atoms with E-state index in [9.17, 15) is 0 Å². The number of hydrogen-bond acceptors (Lipinski definition) is 2. The third-order valence-electron chi connectivity index (χ3n) is 4.09. The van der Waals surface area contributed by atoms with Gasteiger partial charge in [0.25, 0.3) is 0 Å². The van der Waals surface area contributed by atoms with Gasteiger partial charge in [-0.15, -0.1) is 11.3 Å². The first kappa shape index (κ1) is 13.4. The van der Waals surface area contributed by atoms with Crippen molar-refractivity contribution in [1.29, 1.82) is 0 Å². The van der Waals surface area contributed by atoms with Crippen LogP contribution in [0, 0.1) is 11.3 Å². The van der Waals surface area contributed by atoms with Crippen LogP contribution < -0.4 is 5.32 Å². The lowest BCUT2D eigenvalue weighted by Gasteiger charge is -2.34. The summed E-state index contributed by atoms with van der Waals surface area (Å²) in [5.74, 6) is 0.707. The molecule has 0 spiro atoms. The Balaban J connectivity index is 2.26. The van der Waals surface area contributed by atoms with Crippen LogP contribution in [0.1, 0.15) is 51.0 Å². The van der Waals surface area contributed by atoms with Crippen molar-refractivity contribution in [3.8, 4) is 0 Å². The van der Waals surface area contributed by atoms with E-state index in [1.54, 1.807) is 11.3 Å². The van der Waals surface area contributed by atoms with Crippen LogP contribution in [0.5, 0.6) is 0 Å². The monoisotopic (exact) mass is 271 g/mol. The molecule has 0 saturated heterocycles. The van der Waals surface area contributed by atoms with E-state index in [4.69, 9.17) is 11.6 Å². The van der Waals surface area contributed by atoms with E-state index in [2.05, 4.69) is 31.5 Å². The molecule has 1 saturated carbocycles. The molecule has 2 atom stereocenters. The third-order valence-corrected chi connectivity index (χ3v) is 5.54. The summed E-state index contributed by atoms with van der Waals surface area (Å²) in [5, 5.41) is 6.68. The first-order valence-electron chi connectivity index (χ1n) is 6.52. The average Bonchev–Trinajstić information content (AvgIpc) is 2.81. The molecule has 1 aromatic heterocycles. The molecule has 96 valence electrons. The molecule has 0 aromatic carbocycles. The Bertz CT molecular complexity index is 372. The Labute approximate surface area is 114 Å². The Hall–Kier alpha value is -0.0500. The highest BCUT2D eigenvalue weighted by Crippen LogP contribution is 2.50. The van der Waals surface area contributed by atoms with Gasteiger partial charge in [-0.2, -0.15) is 0 Å². The highest BCUT2D eigenvalue weighted by molar-refractivity contribution is 7.10. The number of hydrogen-bond donors (Lipinski definition) is 1. The second-order valence-electron chi connectivity index (χ2n) is 5.66. The van der Waals surface area contributed by atoms with Crippen LogP contribution in [0.15, 0.2) is 11.4 Å². The van der Waals surface area contributed by atoms with E-state index in [0.717, 1.165) is 11.6 Å². The van der Waals surface area contributed by atoms with Crippen LogP contribution >= 0.6 is 22.9 Å². The van der Waals surface area contributed by atoms with Gasteiger partial charge in [-0.1, -0.05) is 38.8 Å². The lowest BCUT2D eigenvalue weighted by molar-refractivity contribution is 0.201. The molecule has 0 amide bonds. The molecular formula is C14H22ClNS. The van der Waals surface area contributed by atoms with E-state index in [0.29, 0.717) is 17.4 Å². The Morgan fingerprint density at radius 1 is 1.59 bits per heavy atom. The maximum absolute atomic E-state index is 6.31. The van der Waals surface area contributed by atoms with Crippen molar-refractivity contribution in [2.45, 2.75) is 46.1 Å². The summed E-state index contributed by atoms with van der Waals surface area (Å²) in [5.41, 5.74) is 0.431. The first-order valence-corrected chi connectivity index (χ1v) is 7.78. The van der Waals surface area contributed by atoms with Crippen LogP contribution in [0.3, 0.4) is 0 Å². The zero-order valence-corrected chi connectivity index (χ0v) is 12.5. The fourth-order valence-corrected chi connectivity index (χ4v) is 4.45. The van der Waals surface area contributed by atoms with Crippen molar-refractivity contribution in [3.63, 3.8) is 0 Å². The minimum Gasteiger partial charge on any atom is -0.309 e. The van der Waals surface area contributed by atoms with Gasteiger partial charge >= 0.3 is 0 Å². The second-order valence-corrected chi connectivity index (χ2v) is 7.01. The Morgan fingerprint density at radius 2 is 2.35 bits per heavy atom. The van der Waals surface area contributed by atoms with Gasteiger partial charge < -0.3 is 5.32 Å². The molecule has 1 aliphatic carbocycles. The summed E-state index contributed by atoms with van der Waals surface area (Å²) in [6.07, 6.45) is 4.00. The maximum atomic E-state index is 6.31. The van der Waals surface area contributed by atoms with E-state index in [1.165, 1.54) is 24.1 Å². The van der Waals surface area contributed by atoms with Gasteiger partial charge in [0, 0.05) is 10.9 Å². The smallest absolute Gasteiger partial charge is 0.0561 e. The molecular weight excluding hydrogens is 250 g/mol. The standard InChI is InChI=1S/C14H22ClNS/c1-4-16-12(13-11(15)7-9-17-13)10-6-5-8-14(10,2)3/h7,9-10,12,16H,4-6,8H2,1-3H3. The summed E-state index contributed by atoms with van der Waals surface area (Å²) < 4.78 is 0. The SMILES string of the molecule is CCNC(c1sccc1Cl)C1CCCC1(C)C. The molecule has 1 fully saturated rings. The molecule has 2 rings (SSSR count). The second kappa shape index (κ2) is 5.29. The van der Waals surface area contributed by atoms with E-state index in [1.807, 2.05) is 6.07 Å². The summed E-state index contributed by atoms with van der Waals surface area (Å²) in [7, 11) is 0. The van der Waals surface area contributed by atoms with Crippen LogP contribution in [-0.4, -0.2) is 6.54 Å². The summed E-state index contributed by atoms with van der Waals surface area (Å²) >= 11 is 8.10. The van der Waals surface area contributed by atoms with E-state index in [-0.39, 0.29) is 0 Å². The van der Waals surface area contributed by atoms with Crippen molar-refractivity contribution in [2.75, 3.05) is 6.54 Å². The molecule has 2 unspecified atom stereocenters. The lowest BCUT2D eigenvalue weighted by atomic mass is 9.77. The largest absolute Gasteiger partial charge is 0.309 e. The molecule has 3 heteroatoms. The van der Waals surface area contributed by atoms with Gasteiger partial charge in [-0.3, -0.25) is 0 Å². The van der Waals surface area contributed by atoms with Gasteiger partial charge in [0.15, 0.2) is 0 Å². The van der Waals surface area contributed by atoms with Gasteiger partial charge in [0.1, 0.15) is 0 Å². The highest BCUT2D eigenvalue weighted by atomic mass is 35.5. The topological polar surface area (TPSA) is 12.0 Å². The van der Waals surface area contributed by atoms with Crippen LogP contribution in [-0.2, 0) is 0 Å². The van der Waals surface area contributed by atoms with Gasteiger partial charge in [0.05, 0.1) is 5.02 Å². The van der Waals surface area contributed by atoms with Crippen molar-refractivity contribution in [3.05, 3.63) is 21.3 Å². The summed E-state index contributed by atoms with van der Waals surface area (Å²) in [4.78, 5) is 1.33. The van der Waals surface area contributed by atoms with E-state index < -0.39 is 0 Å². The van der Waals surface area contributed by atoms with Gasteiger partial charge in [0.2, 0.25) is 0 Å². The first-order chi connectivity index (χ1) is 8.06. The fourth-order valence-electron chi connectivity index (χ4n) is 3.14. The van der Waals surface area contributed by atoms with Gasteiger partial charge in [-0.25, -0.2) is 0 Å². The van der Waals surface area contributed by atoms with Gasteiger partial charge in [-0.05, 0) is 42.2 Å². The summed E-state index contributed by atoms with van der Waals surface area (Å²) in [6.45, 7) is 7.98. The minimum atomic E-state index is 0.431. The quantitative estimate of drug-likeness (QED) is 0.823. The van der Waals surface area contributed by atoms with E-state index >= 15 is 0 Å². The van der Waals surface area contributed by atoms with Crippen LogP contribution in [0.2, 0.25) is 5.02 Å². The molecule has 1 heterocycles. The van der Waals surface area contributed by atoms with Crippen molar-refractivity contribution < 1.29 is 0 Å². The molecule has 1 N–H and O–H groups in total. The number of rotatable bonds is 4. The summed E-state index contributed by atoms with van der Waals surface area (Å²) in [6, 6.07) is 2.46. The van der Waals surface area contributed by atoms with Crippen LogP contribution in [0.4, 0.5) is 0 Å². The molecule has 1 aromatic rings. The van der Waals surface area contributed by atoms with Crippen molar-refractivity contribution >= 4 is 22.9 Å². The molecule has 0 radical (unpaired) electrons. The zero-order chi connectivity index (χ0) is 12.5. The fraction of sp³-hybridized carbons (Fsp3) is 0.714. The average molecular weight is 272 g/mol. The zero-order valence-electron chi connectivity index (χ0n) is 10.9. The number of nitrogens with one attached hydrogen (secondary N) is 1. The number of halogens is 1. The van der Waals surface area contributed by atoms with Crippen LogP contribution in [0.25, 0.3) is 0 Å². The maximum Gasteiger partial charge on any atom is 0.0561 e.